The second-order valence-corrected chi connectivity index (χ2v) is 2.50. The molecular weight excluding hydrogens is 180 g/mol. The third-order valence-corrected chi connectivity index (χ3v) is 0.500. The van der Waals surface area contributed by atoms with Gasteiger partial charge in [0, 0.05) is 0 Å². The molecule has 0 unspecified atom stereocenters. The first-order valence-electron chi connectivity index (χ1n) is 2.90. The SMILES string of the molecule is CCNCC.O=P(O)(O)O.[H-].[Na+]. The minimum Gasteiger partial charge on any atom is -1.00 e. The maximum atomic E-state index is 8.88. The van der Waals surface area contributed by atoms with E-state index >= 15 is 0 Å². The number of nitrogens with one attached hydrogen (secondary N) is 1. The zero-order valence-corrected chi connectivity index (χ0v) is 10.0. The van der Waals surface area contributed by atoms with Crippen LogP contribution in [-0.4, -0.2) is 27.8 Å². The Morgan fingerprint density at radius 2 is 1.45 bits per heavy atom. The van der Waals surface area contributed by atoms with Crippen molar-refractivity contribution in [3.05, 3.63) is 0 Å². The van der Waals surface area contributed by atoms with Gasteiger partial charge in [0.15, 0.2) is 0 Å². The maximum absolute atomic E-state index is 8.88. The van der Waals surface area contributed by atoms with Crippen molar-refractivity contribution >= 4 is 7.82 Å². The van der Waals surface area contributed by atoms with E-state index in [9.17, 15) is 0 Å². The molecule has 0 fully saturated rings. The predicted octanol–water partition coefficient (Wildman–Crippen LogP) is -3.20. The minimum absolute atomic E-state index is 0. The van der Waals surface area contributed by atoms with Gasteiger partial charge in [0.25, 0.3) is 0 Å². The Balaban J connectivity index is -0.0000000457. The van der Waals surface area contributed by atoms with E-state index in [0.717, 1.165) is 13.1 Å². The molecule has 0 amide bonds. The summed E-state index contributed by atoms with van der Waals surface area (Å²) in [6.07, 6.45) is 0. The first-order valence-corrected chi connectivity index (χ1v) is 4.47. The van der Waals surface area contributed by atoms with Gasteiger partial charge in [-0.15, -0.1) is 0 Å². The summed E-state index contributed by atoms with van der Waals surface area (Å²) in [6.45, 7) is 6.39. The Bertz CT molecular complexity index is 101. The van der Waals surface area contributed by atoms with Crippen molar-refractivity contribution in [1.29, 1.82) is 0 Å². The summed E-state index contributed by atoms with van der Waals surface area (Å²) >= 11 is 0. The largest absolute Gasteiger partial charge is 1.00 e. The summed E-state index contributed by atoms with van der Waals surface area (Å²) in [5.41, 5.74) is 0. The quantitative estimate of drug-likeness (QED) is 0.275. The van der Waals surface area contributed by atoms with E-state index in [0.29, 0.717) is 0 Å². The summed E-state index contributed by atoms with van der Waals surface area (Å²) in [4.78, 5) is 21.6. The van der Waals surface area contributed by atoms with Gasteiger partial charge in [0.2, 0.25) is 0 Å². The van der Waals surface area contributed by atoms with Crippen LogP contribution in [0.25, 0.3) is 0 Å². The molecule has 7 heteroatoms. The Morgan fingerprint density at radius 3 is 1.45 bits per heavy atom. The fourth-order valence-electron chi connectivity index (χ4n) is 0.250. The molecule has 0 radical (unpaired) electrons. The van der Waals surface area contributed by atoms with Crippen molar-refractivity contribution in [2.75, 3.05) is 13.1 Å². The van der Waals surface area contributed by atoms with Crippen LogP contribution >= 0.6 is 7.82 Å². The molecule has 0 aliphatic heterocycles. The van der Waals surface area contributed by atoms with Gasteiger partial charge in [-0.3, -0.25) is 0 Å². The molecule has 0 atom stereocenters. The van der Waals surface area contributed by atoms with Crippen LogP contribution in [0.3, 0.4) is 0 Å². The number of hydrogen-bond acceptors (Lipinski definition) is 2. The van der Waals surface area contributed by atoms with Crippen LogP contribution < -0.4 is 34.9 Å². The van der Waals surface area contributed by atoms with Crippen LogP contribution in [0.4, 0.5) is 0 Å². The van der Waals surface area contributed by atoms with Gasteiger partial charge < -0.3 is 21.4 Å². The third kappa shape index (κ3) is 96.6. The van der Waals surface area contributed by atoms with Crippen molar-refractivity contribution in [2.24, 2.45) is 0 Å². The molecule has 0 rings (SSSR count). The van der Waals surface area contributed by atoms with Crippen LogP contribution in [0.1, 0.15) is 15.3 Å². The molecule has 0 aliphatic carbocycles. The first kappa shape index (κ1) is 18.0. The standard InChI is InChI=1S/C4H11N.Na.H3O4P.H/c1-3-5-4-2;;1-5(2,3)4;/h5H,3-4H2,1-2H3;;(H3,1,2,3,4);/q;+1;;-1. The average molecular weight is 195 g/mol. The third-order valence-electron chi connectivity index (χ3n) is 0.500. The average Bonchev–Trinajstić information content (AvgIpc) is 1.63. The van der Waals surface area contributed by atoms with Gasteiger partial charge in [-0.05, 0) is 13.1 Å². The van der Waals surface area contributed by atoms with E-state index in [4.69, 9.17) is 19.2 Å². The smallest absolute Gasteiger partial charge is 1.00 e. The van der Waals surface area contributed by atoms with Crippen LogP contribution in [-0.2, 0) is 4.57 Å². The van der Waals surface area contributed by atoms with E-state index in [1.807, 2.05) is 0 Å². The molecule has 0 bridgehead atoms. The van der Waals surface area contributed by atoms with E-state index in [-0.39, 0.29) is 31.0 Å². The first-order chi connectivity index (χ1) is 4.41. The fraction of sp³-hybridized carbons (Fsp3) is 1.00. The summed E-state index contributed by atoms with van der Waals surface area (Å²) < 4.78 is 8.88. The molecule has 0 aromatic heterocycles. The van der Waals surface area contributed by atoms with Gasteiger partial charge in [-0.1, -0.05) is 13.8 Å². The summed E-state index contributed by atoms with van der Waals surface area (Å²) in [7, 11) is -4.64. The van der Waals surface area contributed by atoms with Crippen LogP contribution in [0, 0.1) is 0 Å². The van der Waals surface area contributed by atoms with Crippen molar-refractivity contribution < 1.29 is 50.2 Å². The van der Waals surface area contributed by atoms with E-state index in [1.165, 1.54) is 0 Å². The van der Waals surface area contributed by atoms with Gasteiger partial charge >= 0.3 is 37.4 Å². The molecule has 66 valence electrons. The summed E-state index contributed by atoms with van der Waals surface area (Å²) in [5.74, 6) is 0. The van der Waals surface area contributed by atoms with Crippen LogP contribution in [0.2, 0.25) is 0 Å². The predicted molar refractivity (Wildman–Crippen MR) is 39.6 cm³/mol. The van der Waals surface area contributed by atoms with Gasteiger partial charge in [0.1, 0.15) is 0 Å². The van der Waals surface area contributed by atoms with Crippen LogP contribution in [0.5, 0.6) is 0 Å². The summed E-state index contributed by atoms with van der Waals surface area (Å²) in [6, 6.07) is 0. The topological polar surface area (TPSA) is 89.8 Å². The fourth-order valence-corrected chi connectivity index (χ4v) is 0.250. The van der Waals surface area contributed by atoms with Crippen molar-refractivity contribution in [2.45, 2.75) is 13.8 Å². The van der Waals surface area contributed by atoms with E-state index < -0.39 is 7.82 Å². The monoisotopic (exact) mass is 195 g/mol. The normalized spacial score (nSPS) is 9.18. The molecule has 0 heterocycles. The molecule has 0 spiro atoms. The molecule has 0 aliphatic rings. The molecule has 0 aromatic rings. The molecule has 0 saturated carbocycles. The van der Waals surface area contributed by atoms with Crippen molar-refractivity contribution in [3.63, 3.8) is 0 Å². The van der Waals surface area contributed by atoms with Gasteiger partial charge in [-0.25, -0.2) is 4.57 Å². The molecule has 4 N–H and O–H groups in total. The van der Waals surface area contributed by atoms with Gasteiger partial charge in [0.05, 0.1) is 0 Å². The van der Waals surface area contributed by atoms with Crippen molar-refractivity contribution in [3.8, 4) is 0 Å². The molecule has 0 saturated heterocycles. The molecule has 11 heavy (non-hydrogen) atoms. The minimum atomic E-state index is -4.64. The molecule has 5 nitrogen and oxygen atoms in total. The molecular formula is C4H15NNaO4P. The number of phosphoric acid groups is 1. The Kier molecular flexibility index (Phi) is 18.1. The van der Waals surface area contributed by atoms with Crippen LogP contribution in [0.15, 0.2) is 0 Å². The second-order valence-electron chi connectivity index (χ2n) is 1.47. The van der Waals surface area contributed by atoms with Gasteiger partial charge in [-0.2, -0.15) is 0 Å². The van der Waals surface area contributed by atoms with E-state index in [2.05, 4.69) is 19.2 Å². The summed E-state index contributed by atoms with van der Waals surface area (Å²) in [5, 5.41) is 3.11. The van der Waals surface area contributed by atoms with Crippen molar-refractivity contribution in [1.82, 2.24) is 5.32 Å². The zero-order valence-electron chi connectivity index (χ0n) is 8.11. The number of hydrogen-bond donors (Lipinski definition) is 4. The molecule has 0 aromatic carbocycles. The Morgan fingerprint density at radius 1 is 1.27 bits per heavy atom. The maximum Gasteiger partial charge on any atom is 1.00 e. The Hall–Kier alpha value is 1.07. The number of rotatable bonds is 2. The Labute approximate surface area is 90.2 Å². The zero-order chi connectivity index (χ0) is 8.62. The van der Waals surface area contributed by atoms with E-state index in [1.54, 1.807) is 0 Å². The second kappa shape index (κ2) is 11.1.